The number of carbonyl (C=O) groups is 1. The molecule has 1 aromatic carbocycles. The van der Waals surface area contributed by atoms with E-state index in [0.29, 0.717) is 5.56 Å². The number of aromatic nitrogens is 2. The summed E-state index contributed by atoms with van der Waals surface area (Å²) in [6.07, 6.45) is 7.51. The van der Waals surface area contributed by atoms with Crippen LogP contribution in [0.5, 0.6) is 0 Å². The Bertz CT molecular complexity index is 566. The number of amides is 1. The second-order valence-electron chi connectivity index (χ2n) is 5.03. The van der Waals surface area contributed by atoms with Gasteiger partial charge in [-0.1, -0.05) is 0 Å². The minimum absolute atomic E-state index is 0. The minimum atomic E-state index is -0.00381. The number of piperidine rings is 1. The van der Waals surface area contributed by atoms with Gasteiger partial charge in [-0.05, 0) is 43.7 Å². The highest BCUT2D eigenvalue weighted by Crippen LogP contribution is 2.10. The van der Waals surface area contributed by atoms with Crippen molar-refractivity contribution in [2.24, 2.45) is 0 Å². The molecule has 1 amide bonds. The van der Waals surface area contributed by atoms with Gasteiger partial charge in [0.2, 0.25) is 0 Å². The highest BCUT2D eigenvalue weighted by molar-refractivity contribution is 5.94. The zero-order valence-electron chi connectivity index (χ0n) is 12.1. The Morgan fingerprint density at radius 1 is 1.27 bits per heavy atom. The van der Waals surface area contributed by atoms with Gasteiger partial charge in [-0.15, -0.1) is 24.8 Å². The lowest BCUT2D eigenvalue weighted by molar-refractivity contribution is 0.0930. The molecule has 1 aliphatic heterocycles. The van der Waals surface area contributed by atoms with Crippen LogP contribution in [0, 0.1) is 0 Å². The van der Waals surface area contributed by atoms with Gasteiger partial charge in [-0.2, -0.15) is 0 Å². The fourth-order valence-corrected chi connectivity index (χ4v) is 2.44. The normalized spacial score (nSPS) is 17.0. The van der Waals surface area contributed by atoms with E-state index in [-0.39, 0.29) is 36.8 Å². The second kappa shape index (κ2) is 8.78. The van der Waals surface area contributed by atoms with Crippen LogP contribution in [0.4, 0.5) is 0 Å². The molecule has 2 aromatic rings. The molecule has 120 valence electrons. The maximum Gasteiger partial charge on any atom is 0.251 e. The van der Waals surface area contributed by atoms with Gasteiger partial charge >= 0.3 is 0 Å². The molecule has 0 saturated carbocycles. The van der Waals surface area contributed by atoms with Crippen LogP contribution >= 0.6 is 24.8 Å². The van der Waals surface area contributed by atoms with Gasteiger partial charge in [0.25, 0.3) is 5.91 Å². The molecule has 0 radical (unpaired) electrons. The van der Waals surface area contributed by atoms with E-state index in [1.54, 1.807) is 12.5 Å². The van der Waals surface area contributed by atoms with Crippen molar-refractivity contribution in [3.63, 3.8) is 0 Å². The molecule has 0 spiro atoms. The van der Waals surface area contributed by atoms with Crippen molar-refractivity contribution in [2.75, 3.05) is 13.1 Å². The quantitative estimate of drug-likeness (QED) is 0.898. The molecule has 0 bridgehead atoms. The van der Waals surface area contributed by atoms with Crippen LogP contribution < -0.4 is 10.6 Å². The highest BCUT2D eigenvalue weighted by Gasteiger charge is 2.16. The van der Waals surface area contributed by atoms with Crippen LogP contribution in [0.2, 0.25) is 0 Å². The van der Waals surface area contributed by atoms with Crippen molar-refractivity contribution in [3.05, 3.63) is 48.5 Å². The molecule has 1 aliphatic rings. The van der Waals surface area contributed by atoms with Crippen molar-refractivity contribution in [1.82, 2.24) is 20.2 Å². The molecule has 5 nitrogen and oxygen atoms in total. The highest BCUT2D eigenvalue weighted by atomic mass is 35.5. The van der Waals surface area contributed by atoms with Gasteiger partial charge in [0, 0.05) is 36.2 Å². The van der Waals surface area contributed by atoms with E-state index in [1.807, 2.05) is 35.0 Å². The molecule has 1 fully saturated rings. The molecule has 1 aromatic heterocycles. The first-order chi connectivity index (χ1) is 9.83. The Hall–Kier alpha value is -1.56. The topological polar surface area (TPSA) is 59.0 Å². The van der Waals surface area contributed by atoms with Crippen molar-refractivity contribution < 1.29 is 4.79 Å². The average molecular weight is 343 g/mol. The minimum Gasteiger partial charge on any atom is -0.348 e. The summed E-state index contributed by atoms with van der Waals surface area (Å²) in [5, 5.41) is 6.36. The van der Waals surface area contributed by atoms with Gasteiger partial charge in [0.1, 0.15) is 0 Å². The Balaban J connectivity index is 0.00000121. The molecule has 2 heterocycles. The summed E-state index contributed by atoms with van der Waals surface area (Å²) in [6.45, 7) is 1.91. The average Bonchev–Trinajstić information content (AvgIpc) is 3.03. The van der Waals surface area contributed by atoms with Crippen LogP contribution in [0.15, 0.2) is 43.0 Å². The SMILES string of the molecule is Cl.Cl.O=C(NC1CCCNC1)c1ccc(-n2ccnc2)cc1. The van der Waals surface area contributed by atoms with Crippen LogP contribution in [0.1, 0.15) is 23.2 Å². The zero-order valence-corrected chi connectivity index (χ0v) is 13.7. The van der Waals surface area contributed by atoms with Gasteiger partial charge in [-0.25, -0.2) is 4.98 Å². The van der Waals surface area contributed by atoms with Crippen molar-refractivity contribution in [2.45, 2.75) is 18.9 Å². The summed E-state index contributed by atoms with van der Waals surface area (Å²) in [4.78, 5) is 16.2. The van der Waals surface area contributed by atoms with E-state index < -0.39 is 0 Å². The Labute approximate surface area is 142 Å². The first kappa shape index (κ1) is 18.5. The van der Waals surface area contributed by atoms with E-state index in [0.717, 1.165) is 31.6 Å². The third kappa shape index (κ3) is 4.47. The molecule has 3 rings (SSSR count). The fraction of sp³-hybridized carbons (Fsp3) is 0.333. The fourth-order valence-electron chi connectivity index (χ4n) is 2.44. The maximum atomic E-state index is 12.2. The number of benzene rings is 1. The van der Waals surface area contributed by atoms with E-state index in [9.17, 15) is 4.79 Å². The van der Waals surface area contributed by atoms with Crippen LogP contribution in [0.25, 0.3) is 5.69 Å². The van der Waals surface area contributed by atoms with Gasteiger partial charge in [-0.3, -0.25) is 4.79 Å². The van der Waals surface area contributed by atoms with Gasteiger partial charge in [0.15, 0.2) is 0 Å². The molecular formula is C15H20Cl2N4O. The van der Waals surface area contributed by atoms with E-state index in [2.05, 4.69) is 15.6 Å². The Kier molecular flexibility index (Phi) is 7.38. The van der Waals surface area contributed by atoms with Crippen molar-refractivity contribution in [3.8, 4) is 5.69 Å². The number of hydrogen-bond donors (Lipinski definition) is 2. The number of carbonyl (C=O) groups excluding carboxylic acids is 1. The monoisotopic (exact) mass is 342 g/mol. The number of nitrogens with one attached hydrogen (secondary N) is 2. The van der Waals surface area contributed by atoms with E-state index >= 15 is 0 Å². The van der Waals surface area contributed by atoms with Crippen molar-refractivity contribution >= 4 is 30.7 Å². The van der Waals surface area contributed by atoms with E-state index in [1.165, 1.54) is 0 Å². The number of rotatable bonds is 3. The predicted octanol–water partition coefficient (Wildman–Crippen LogP) is 2.20. The van der Waals surface area contributed by atoms with E-state index in [4.69, 9.17) is 0 Å². The van der Waals surface area contributed by atoms with Gasteiger partial charge in [0.05, 0.1) is 6.33 Å². The van der Waals surface area contributed by atoms with Crippen LogP contribution in [-0.2, 0) is 0 Å². The van der Waals surface area contributed by atoms with Crippen molar-refractivity contribution in [1.29, 1.82) is 0 Å². The smallest absolute Gasteiger partial charge is 0.251 e. The third-order valence-corrected chi connectivity index (χ3v) is 3.56. The lowest BCUT2D eigenvalue weighted by Crippen LogP contribution is -2.45. The summed E-state index contributed by atoms with van der Waals surface area (Å²) in [7, 11) is 0. The molecule has 1 atom stereocenters. The lowest BCUT2D eigenvalue weighted by atomic mass is 10.1. The molecule has 2 N–H and O–H groups in total. The largest absolute Gasteiger partial charge is 0.348 e. The first-order valence-corrected chi connectivity index (χ1v) is 6.93. The number of nitrogens with zero attached hydrogens (tertiary/aromatic N) is 2. The number of imidazole rings is 1. The van der Waals surface area contributed by atoms with Crippen LogP contribution in [-0.4, -0.2) is 34.6 Å². The van der Waals surface area contributed by atoms with Crippen LogP contribution in [0.3, 0.4) is 0 Å². The first-order valence-electron chi connectivity index (χ1n) is 6.93. The lowest BCUT2D eigenvalue weighted by Gasteiger charge is -2.23. The zero-order chi connectivity index (χ0) is 13.8. The third-order valence-electron chi connectivity index (χ3n) is 3.56. The molecule has 1 saturated heterocycles. The molecule has 7 heteroatoms. The predicted molar refractivity (Wildman–Crippen MR) is 91.4 cm³/mol. The molecule has 22 heavy (non-hydrogen) atoms. The maximum absolute atomic E-state index is 12.2. The summed E-state index contributed by atoms with van der Waals surface area (Å²) in [5.74, 6) is -0.00381. The summed E-state index contributed by atoms with van der Waals surface area (Å²) in [6, 6.07) is 7.79. The molecular weight excluding hydrogens is 323 g/mol. The second-order valence-corrected chi connectivity index (χ2v) is 5.03. The Morgan fingerprint density at radius 2 is 2.05 bits per heavy atom. The standard InChI is InChI=1S/C15H18N4O.2ClH/c20-15(18-13-2-1-7-16-10-13)12-3-5-14(6-4-12)19-9-8-17-11-19;;/h3-6,8-9,11,13,16H,1-2,7,10H2,(H,18,20);2*1H. The number of halogens is 2. The van der Waals surface area contributed by atoms with Gasteiger partial charge < -0.3 is 15.2 Å². The summed E-state index contributed by atoms with van der Waals surface area (Å²) < 4.78 is 1.91. The number of hydrogen-bond acceptors (Lipinski definition) is 3. The summed E-state index contributed by atoms with van der Waals surface area (Å²) in [5.41, 5.74) is 1.69. The summed E-state index contributed by atoms with van der Waals surface area (Å²) >= 11 is 0. The Morgan fingerprint density at radius 3 is 2.64 bits per heavy atom. The molecule has 0 aliphatic carbocycles. The molecule has 1 unspecified atom stereocenters.